The summed E-state index contributed by atoms with van der Waals surface area (Å²) in [4.78, 5) is 0. The van der Waals surface area contributed by atoms with E-state index in [-0.39, 0.29) is 5.41 Å². The summed E-state index contributed by atoms with van der Waals surface area (Å²) >= 11 is 0. The molecule has 0 aromatic heterocycles. The Morgan fingerprint density at radius 1 is 0.535 bits per heavy atom. The number of hydrogen-bond donors (Lipinski definition) is 0. The van der Waals surface area contributed by atoms with Gasteiger partial charge in [-0.15, -0.1) is 0 Å². The maximum Gasteiger partial charge on any atom is 0.0731 e. The molecule has 206 valence electrons. The highest BCUT2D eigenvalue weighted by atomic mass is 14.5. The Morgan fingerprint density at radius 3 is 1.58 bits per heavy atom. The van der Waals surface area contributed by atoms with Gasteiger partial charge in [0, 0.05) is 0 Å². The summed E-state index contributed by atoms with van der Waals surface area (Å²) in [5.74, 6) is 0. The minimum atomic E-state index is -0.341. The fraction of sp³-hybridized carbons (Fsp3) is 0.0698. The van der Waals surface area contributed by atoms with E-state index in [1.165, 1.54) is 61.2 Å². The summed E-state index contributed by atoms with van der Waals surface area (Å²) in [6, 6.07) is 52.9. The van der Waals surface area contributed by atoms with Crippen molar-refractivity contribution in [1.29, 1.82) is 0 Å². The summed E-state index contributed by atoms with van der Waals surface area (Å²) < 4.78 is 0. The van der Waals surface area contributed by atoms with E-state index in [0.717, 1.165) is 11.1 Å². The first-order chi connectivity index (χ1) is 21.1. The lowest BCUT2D eigenvalue weighted by atomic mass is 9.68. The minimum Gasteiger partial charge on any atom is -0.0912 e. The number of fused-ring (bicyclic) bond motifs is 10. The van der Waals surface area contributed by atoms with E-state index >= 15 is 0 Å². The average Bonchev–Trinajstić information content (AvgIpc) is 3.53. The van der Waals surface area contributed by atoms with Gasteiger partial charge in [-0.3, -0.25) is 0 Å². The molecule has 0 amide bonds. The topological polar surface area (TPSA) is 0 Å². The van der Waals surface area contributed by atoms with Gasteiger partial charge in [-0.2, -0.15) is 0 Å². The van der Waals surface area contributed by atoms with Crippen molar-refractivity contribution in [3.8, 4) is 33.4 Å². The zero-order chi connectivity index (χ0) is 29.4. The normalized spacial score (nSPS) is 13.1. The van der Waals surface area contributed by atoms with Crippen LogP contribution in [-0.2, 0) is 5.41 Å². The van der Waals surface area contributed by atoms with Gasteiger partial charge in [-0.25, -0.2) is 0 Å². The van der Waals surface area contributed by atoms with Crippen molar-refractivity contribution in [3.05, 3.63) is 198 Å². The van der Waals surface area contributed by atoms with Gasteiger partial charge in [-0.05, 0) is 86.7 Å². The summed E-state index contributed by atoms with van der Waals surface area (Å²) in [6.07, 6.45) is 4.13. The first-order valence-electron chi connectivity index (χ1n) is 15.0. The smallest absolute Gasteiger partial charge is 0.0731 e. The molecule has 0 atom stereocenters. The van der Waals surface area contributed by atoms with Crippen LogP contribution in [0.1, 0.15) is 40.3 Å². The maximum absolute atomic E-state index is 4.30. The Morgan fingerprint density at radius 2 is 1.02 bits per heavy atom. The van der Waals surface area contributed by atoms with Crippen molar-refractivity contribution >= 4 is 5.57 Å². The molecule has 0 N–H and O–H groups in total. The Balaban J connectivity index is 0.000000379. The fourth-order valence-electron chi connectivity index (χ4n) is 7.11. The monoisotopic (exact) mass is 550 g/mol. The van der Waals surface area contributed by atoms with Crippen molar-refractivity contribution in [2.45, 2.75) is 19.3 Å². The Labute approximate surface area is 255 Å². The lowest BCUT2D eigenvalue weighted by Crippen LogP contribution is -2.26. The Kier molecular flexibility index (Phi) is 6.76. The molecular weight excluding hydrogens is 516 g/mol. The van der Waals surface area contributed by atoms with Gasteiger partial charge in [0.15, 0.2) is 0 Å². The SMILES string of the molecule is C=C(/C=C\C)c1cccc(-c2cccc3c2C2(c4ccccc4-c4ccccc42)c2ccccc2-3)c1.Cc1ccccc1. The largest absolute Gasteiger partial charge is 0.0912 e. The standard InChI is InChI=1S/C36H26.C7H8/c1-3-12-24(2)25-13-10-14-26(23-25)27-18-11-19-31-30-17-6-9-22-34(30)36(35(27)31)32-20-7-4-15-28(32)29-16-5-8-21-33(29)36;1-7-5-3-2-4-6-7/h3-23H,2H2,1H3;2-6H,1H3/b12-3-;. The van der Waals surface area contributed by atoms with Crippen LogP contribution in [0.15, 0.2) is 164 Å². The Bertz CT molecular complexity index is 1940. The lowest BCUT2D eigenvalue weighted by molar-refractivity contribution is 0.796. The predicted octanol–water partition coefficient (Wildman–Crippen LogP) is 11.3. The van der Waals surface area contributed by atoms with E-state index in [4.69, 9.17) is 0 Å². The number of benzene rings is 6. The molecule has 2 aliphatic rings. The quantitative estimate of drug-likeness (QED) is 0.192. The van der Waals surface area contributed by atoms with Gasteiger partial charge in [-0.1, -0.05) is 164 Å². The third-order valence-electron chi connectivity index (χ3n) is 8.87. The minimum absolute atomic E-state index is 0.341. The van der Waals surface area contributed by atoms with E-state index < -0.39 is 0 Å². The zero-order valence-corrected chi connectivity index (χ0v) is 24.7. The van der Waals surface area contributed by atoms with Crippen LogP contribution in [0.2, 0.25) is 0 Å². The predicted molar refractivity (Wildman–Crippen MR) is 183 cm³/mol. The molecule has 0 heteroatoms. The number of allylic oxidation sites excluding steroid dienone is 3. The molecule has 0 radical (unpaired) electrons. The molecule has 8 rings (SSSR count). The van der Waals surface area contributed by atoms with Crippen molar-refractivity contribution in [2.24, 2.45) is 0 Å². The van der Waals surface area contributed by atoms with Gasteiger partial charge < -0.3 is 0 Å². The molecular formula is C43H34. The Hall–Kier alpha value is -5.20. The number of hydrogen-bond acceptors (Lipinski definition) is 0. The third kappa shape index (κ3) is 4.22. The molecule has 0 bridgehead atoms. The van der Waals surface area contributed by atoms with Crippen LogP contribution in [0.5, 0.6) is 0 Å². The van der Waals surface area contributed by atoms with Gasteiger partial charge >= 0.3 is 0 Å². The summed E-state index contributed by atoms with van der Waals surface area (Å²) in [7, 11) is 0. The molecule has 6 aromatic carbocycles. The summed E-state index contributed by atoms with van der Waals surface area (Å²) in [5.41, 5.74) is 16.5. The molecule has 0 fully saturated rings. The van der Waals surface area contributed by atoms with E-state index in [1.807, 2.05) is 31.2 Å². The van der Waals surface area contributed by atoms with Crippen molar-refractivity contribution in [1.82, 2.24) is 0 Å². The van der Waals surface area contributed by atoms with Crippen LogP contribution < -0.4 is 0 Å². The second-order valence-electron chi connectivity index (χ2n) is 11.4. The number of aryl methyl sites for hydroxylation is 1. The summed E-state index contributed by atoms with van der Waals surface area (Å²) in [5, 5.41) is 0. The molecule has 0 saturated carbocycles. The molecule has 0 aliphatic heterocycles. The molecule has 0 unspecified atom stereocenters. The first kappa shape index (κ1) is 26.7. The van der Waals surface area contributed by atoms with Crippen molar-refractivity contribution in [2.75, 3.05) is 0 Å². The van der Waals surface area contributed by atoms with Crippen LogP contribution in [0, 0.1) is 6.92 Å². The molecule has 2 aliphatic carbocycles. The van der Waals surface area contributed by atoms with E-state index in [1.54, 1.807) is 0 Å². The van der Waals surface area contributed by atoms with Gasteiger partial charge in [0.25, 0.3) is 0 Å². The maximum atomic E-state index is 4.30. The van der Waals surface area contributed by atoms with E-state index in [2.05, 4.69) is 147 Å². The second kappa shape index (κ2) is 10.9. The molecule has 0 nitrogen and oxygen atoms in total. The van der Waals surface area contributed by atoms with Crippen LogP contribution in [0.3, 0.4) is 0 Å². The van der Waals surface area contributed by atoms with Gasteiger partial charge in [0.2, 0.25) is 0 Å². The molecule has 0 saturated heterocycles. The van der Waals surface area contributed by atoms with Crippen LogP contribution in [0.25, 0.3) is 39.0 Å². The molecule has 0 heterocycles. The molecule has 43 heavy (non-hydrogen) atoms. The van der Waals surface area contributed by atoms with Gasteiger partial charge in [0.05, 0.1) is 5.41 Å². The van der Waals surface area contributed by atoms with Crippen LogP contribution in [-0.4, -0.2) is 0 Å². The highest BCUT2D eigenvalue weighted by molar-refractivity contribution is 5.98. The van der Waals surface area contributed by atoms with E-state index in [9.17, 15) is 0 Å². The first-order valence-corrected chi connectivity index (χ1v) is 15.0. The van der Waals surface area contributed by atoms with Crippen LogP contribution in [0.4, 0.5) is 0 Å². The molecule has 6 aromatic rings. The van der Waals surface area contributed by atoms with Crippen LogP contribution >= 0.6 is 0 Å². The van der Waals surface area contributed by atoms with Crippen molar-refractivity contribution < 1.29 is 0 Å². The van der Waals surface area contributed by atoms with E-state index in [0.29, 0.717) is 0 Å². The summed E-state index contributed by atoms with van der Waals surface area (Å²) in [6.45, 7) is 8.42. The fourth-order valence-corrected chi connectivity index (χ4v) is 7.11. The second-order valence-corrected chi connectivity index (χ2v) is 11.4. The number of rotatable bonds is 3. The average molecular weight is 551 g/mol. The third-order valence-corrected chi connectivity index (χ3v) is 8.87. The van der Waals surface area contributed by atoms with Crippen molar-refractivity contribution in [3.63, 3.8) is 0 Å². The molecule has 1 spiro atoms. The highest BCUT2D eigenvalue weighted by Gasteiger charge is 2.52. The zero-order valence-electron chi connectivity index (χ0n) is 24.7. The van der Waals surface area contributed by atoms with Gasteiger partial charge in [0.1, 0.15) is 0 Å². The lowest BCUT2D eigenvalue weighted by Gasteiger charge is -2.32. The highest BCUT2D eigenvalue weighted by Crippen LogP contribution is 2.64.